The Bertz CT molecular complexity index is 887. The van der Waals surface area contributed by atoms with Gasteiger partial charge in [0.15, 0.2) is 11.5 Å². The number of amides is 2. The van der Waals surface area contributed by atoms with E-state index in [-0.39, 0.29) is 11.8 Å². The second-order valence-corrected chi connectivity index (χ2v) is 7.79. The number of aryl methyl sites for hydroxylation is 1. The van der Waals surface area contributed by atoms with Crippen molar-refractivity contribution in [2.45, 2.75) is 39.7 Å². The Labute approximate surface area is 172 Å². The van der Waals surface area contributed by atoms with Crippen molar-refractivity contribution in [3.8, 4) is 0 Å². The third kappa shape index (κ3) is 4.67. The fraction of sp³-hybridized carbons (Fsp3) is 0.500. The highest BCUT2D eigenvalue weighted by Crippen LogP contribution is 2.25. The number of anilines is 1. The zero-order valence-electron chi connectivity index (χ0n) is 17.9. The van der Waals surface area contributed by atoms with Crippen LogP contribution in [0.1, 0.15) is 52.1 Å². The number of benzene rings is 1. The van der Waals surface area contributed by atoms with E-state index in [0.717, 1.165) is 49.3 Å². The Morgan fingerprint density at radius 2 is 2.03 bits per heavy atom. The number of aromatic nitrogens is 2. The molecule has 7 heteroatoms. The van der Waals surface area contributed by atoms with Crippen molar-refractivity contribution in [2.24, 2.45) is 0 Å². The van der Waals surface area contributed by atoms with Gasteiger partial charge in [0.25, 0.3) is 11.8 Å². The average Bonchev–Trinajstić information content (AvgIpc) is 3.08. The molecule has 7 nitrogen and oxygen atoms in total. The van der Waals surface area contributed by atoms with Gasteiger partial charge in [-0.3, -0.25) is 9.59 Å². The third-order valence-electron chi connectivity index (χ3n) is 5.24. The summed E-state index contributed by atoms with van der Waals surface area (Å²) >= 11 is 0. The number of likely N-dealkylation sites (N-methyl/N-ethyl adjacent to an activating group) is 1. The number of carbonyl (C=O) groups is 2. The van der Waals surface area contributed by atoms with E-state index in [1.54, 1.807) is 4.90 Å². The average molecular weight is 398 g/mol. The van der Waals surface area contributed by atoms with Gasteiger partial charge in [-0.2, -0.15) is 0 Å². The molecule has 156 valence electrons. The van der Waals surface area contributed by atoms with Crippen LogP contribution in [-0.2, 0) is 13.0 Å². The maximum Gasteiger partial charge on any atom is 0.287 e. The molecule has 1 aromatic carbocycles. The summed E-state index contributed by atoms with van der Waals surface area (Å²) in [5.74, 6) is -0.00848. The highest BCUT2D eigenvalue weighted by atomic mass is 16.2. The van der Waals surface area contributed by atoms with E-state index in [2.05, 4.69) is 10.3 Å². The summed E-state index contributed by atoms with van der Waals surface area (Å²) in [6.07, 6.45) is 2.76. The fourth-order valence-corrected chi connectivity index (χ4v) is 3.73. The fourth-order valence-electron chi connectivity index (χ4n) is 3.73. The molecule has 29 heavy (non-hydrogen) atoms. The predicted molar refractivity (Wildman–Crippen MR) is 115 cm³/mol. The lowest BCUT2D eigenvalue weighted by molar-refractivity contribution is 0.0935. The Kier molecular flexibility index (Phi) is 6.69. The van der Waals surface area contributed by atoms with Crippen LogP contribution in [0.4, 0.5) is 5.69 Å². The first-order valence-electron chi connectivity index (χ1n) is 10.3. The summed E-state index contributed by atoms with van der Waals surface area (Å²) in [7, 11) is 3.93. The van der Waals surface area contributed by atoms with Crippen LogP contribution in [0.2, 0.25) is 0 Å². The first kappa shape index (κ1) is 21.0. The molecule has 2 aromatic rings. The number of hydrogen-bond acceptors (Lipinski definition) is 4. The highest BCUT2D eigenvalue weighted by molar-refractivity contribution is 6.06. The van der Waals surface area contributed by atoms with Gasteiger partial charge in [0, 0.05) is 31.9 Å². The van der Waals surface area contributed by atoms with Crippen LogP contribution in [0.25, 0.3) is 0 Å². The minimum absolute atomic E-state index is 0.143. The van der Waals surface area contributed by atoms with E-state index in [9.17, 15) is 9.59 Å². The molecule has 0 saturated carbocycles. The SMILES string of the molecule is CCN(C(=O)c1nc(C(=O)NCCN(C)C)n2c1CCCC2)c1cccc(C)c1. The second-order valence-electron chi connectivity index (χ2n) is 7.79. The topological polar surface area (TPSA) is 70.5 Å². The van der Waals surface area contributed by atoms with Crippen molar-refractivity contribution in [2.75, 3.05) is 38.6 Å². The molecular weight excluding hydrogens is 366 g/mol. The minimum Gasteiger partial charge on any atom is -0.348 e. The summed E-state index contributed by atoms with van der Waals surface area (Å²) in [6.45, 7) is 6.53. The van der Waals surface area contributed by atoms with Crippen molar-refractivity contribution in [3.63, 3.8) is 0 Å². The third-order valence-corrected chi connectivity index (χ3v) is 5.24. The molecular formula is C22H31N5O2. The molecule has 0 aliphatic carbocycles. The maximum absolute atomic E-state index is 13.4. The van der Waals surface area contributed by atoms with E-state index >= 15 is 0 Å². The summed E-state index contributed by atoms with van der Waals surface area (Å²) < 4.78 is 1.94. The van der Waals surface area contributed by atoms with Crippen molar-refractivity contribution in [3.05, 3.63) is 47.0 Å². The highest BCUT2D eigenvalue weighted by Gasteiger charge is 2.30. The van der Waals surface area contributed by atoms with Crippen molar-refractivity contribution >= 4 is 17.5 Å². The molecule has 2 amide bonds. The van der Waals surface area contributed by atoms with Gasteiger partial charge in [-0.15, -0.1) is 0 Å². The summed E-state index contributed by atoms with van der Waals surface area (Å²) in [4.78, 5) is 34.5. The number of nitrogens with zero attached hydrogens (tertiary/aromatic N) is 4. The molecule has 1 aromatic heterocycles. The van der Waals surface area contributed by atoms with Crippen LogP contribution in [0.15, 0.2) is 24.3 Å². The standard InChI is InChI=1S/C22H31N5O2/c1-5-26(17-10-8-9-16(2)15-17)22(29)19-18-11-6-7-13-27(18)20(24-19)21(28)23-12-14-25(3)4/h8-10,15H,5-7,11-14H2,1-4H3,(H,23,28). The van der Waals surface area contributed by atoms with Gasteiger partial charge in [0.2, 0.25) is 0 Å². The van der Waals surface area contributed by atoms with E-state index < -0.39 is 0 Å². The molecule has 0 fully saturated rings. The summed E-state index contributed by atoms with van der Waals surface area (Å²) in [5, 5.41) is 2.93. The normalized spacial score (nSPS) is 13.3. The van der Waals surface area contributed by atoms with Gasteiger partial charge in [0.1, 0.15) is 0 Å². The Hall–Kier alpha value is -2.67. The molecule has 0 radical (unpaired) electrons. The molecule has 1 aliphatic heterocycles. The number of fused-ring (bicyclic) bond motifs is 1. The lowest BCUT2D eigenvalue weighted by Gasteiger charge is -2.22. The van der Waals surface area contributed by atoms with E-state index in [1.165, 1.54) is 0 Å². The molecule has 0 unspecified atom stereocenters. The predicted octanol–water partition coefficient (Wildman–Crippen LogP) is 2.49. The monoisotopic (exact) mass is 397 g/mol. The zero-order valence-corrected chi connectivity index (χ0v) is 17.9. The van der Waals surface area contributed by atoms with E-state index in [0.29, 0.717) is 24.6 Å². The van der Waals surface area contributed by atoms with Crippen LogP contribution in [0.5, 0.6) is 0 Å². The van der Waals surface area contributed by atoms with Crippen LogP contribution in [0, 0.1) is 6.92 Å². The number of carbonyl (C=O) groups excluding carboxylic acids is 2. The smallest absolute Gasteiger partial charge is 0.287 e. The molecule has 0 spiro atoms. The van der Waals surface area contributed by atoms with Crippen LogP contribution < -0.4 is 10.2 Å². The van der Waals surface area contributed by atoms with Crippen LogP contribution in [-0.4, -0.2) is 60.0 Å². The Morgan fingerprint density at radius 1 is 1.24 bits per heavy atom. The lowest BCUT2D eigenvalue weighted by atomic mass is 10.1. The van der Waals surface area contributed by atoms with Crippen LogP contribution in [0.3, 0.4) is 0 Å². The number of imidazole rings is 1. The maximum atomic E-state index is 13.4. The van der Waals surface area contributed by atoms with Gasteiger partial charge in [-0.25, -0.2) is 4.98 Å². The molecule has 0 saturated heterocycles. The van der Waals surface area contributed by atoms with Gasteiger partial charge < -0.3 is 19.7 Å². The zero-order chi connectivity index (χ0) is 21.0. The van der Waals surface area contributed by atoms with Gasteiger partial charge in [-0.05, 0) is 64.9 Å². The van der Waals surface area contributed by atoms with Crippen LogP contribution >= 0.6 is 0 Å². The first-order chi connectivity index (χ1) is 13.9. The van der Waals surface area contributed by atoms with Gasteiger partial charge in [-0.1, -0.05) is 12.1 Å². The minimum atomic E-state index is -0.215. The molecule has 0 bridgehead atoms. The summed E-state index contributed by atoms with van der Waals surface area (Å²) in [5.41, 5.74) is 3.24. The number of rotatable bonds is 7. The largest absolute Gasteiger partial charge is 0.348 e. The molecule has 0 atom stereocenters. The second kappa shape index (κ2) is 9.22. The van der Waals surface area contributed by atoms with Crippen molar-refractivity contribution in [1.82, 2.24) is 19.8 Å². The Balaban J connectivity index is 1.91. The molecule has 1 aliphatic rings. The summed E-state index contributed by atoms with van der Waals surface area (Å²) in [6, 6.07) is 7.90. The molecule has 3 rings (SSSR count). The molecule has 1 N–H and O–H groups in total. The number of nitrogens with one attached hydrogen (secondary N) is 1. The lowest BCUT2D eigenvalue weighted by Crippen LogP contribution is -2.33. The van der Waals surface area contributed by atoms with E-state index in [1.807, 2.05) is 61.7 Å². The quantitative estimate of drug-likeness (QED) is 0.779. The van der Waals surface area contributed by atoms with E-state index in [4.69, 9.17) is 0 Å². The van der Waals surface area contributed by atoms with Crippen molar-refractivity contribution < 1.29 is 9.59 Å². The van der Waals surface area contributed by atoms with Crippen molar-refractivity contribution in [1.29, 1.82) is 0 Å². The van der Waals surface area contributed by atoms with Gasteiger partial charge in [0.05, 0.1) is 5.69 Å². The number of hydrogen-bond donors (Lipinski definition) is 1. The first-order valence-corrected chi connectivity index (χ1v) is 10.3. The van der Waals surface area contributed by atoms with Gasteiger partial charge >= 0.3 is 0 Å². The Morgan fingerprint density at radius 3 is 2.72 bits per heavy atom. The molecule has 2 heterocycles.